The van der Waals surface area contributed by atoms with E-state index < -0.39 is 18.0 Å². The molecule has 2 heterocycles. The number of aromatic nitrogens is 1. The Labute approximate surface area is 271 Å². The molecule has 0 aliphatic carbocycles. The van der Waals surface area contributed by atoms with Crippen LogP contribution in [-0.2, 0) is 20.9 Å². The van der Waals surface area contributed by atoms with E-state index in [4.69, 9.17) is 18.9 Å². The zero-order valence-corrected chi connectivity index (χ0v) is 27.1. The topological polar surface area (TPSA) is 105 Å². The summed E-state index contributed by atoms with van der Waals surface area (Å²) in [6.07, 6.45) is 4.92. The summed E-state index contributed by atoms with van der Waals surface area (Å²) in [7, 11) is 2.89. The molecule has 0 fully saturated rings. The van der Waals surface area contributed by atoms with Crippen molar-refractivity contribution in [3.8, 4) is 11.5 Å². The largest absolute Gasteiger partial charge is 0.493 e. The van der Waals surface area contributed by atoms with Crippen LogP contribution >= 0.6 is 11.3 Å². The van der Waals surface area contributed by atoms with Crippen molar-refractivity contribution >= 4 is 29.4 Å². The molecule has 1 aliphatic heterocycles. The van der Waals surface area contributed by atoms with E-state index >= 15 is 0 Å². The first-order valence-electron chi connectivity index (χ1n) is 15.1. The van der Waals surface area contributed by atoms with E-state index in [1.54, 1.807) is 44.4 Å². The third-order valence-corrected chi connectivity index (χ3v) is 8.58. The molecule has 46 heavy (non-hydrogen) atoms. The maximum absolute atomic E-state index is 14.1. The fourth-order valence-corrected chi connectivity index (χ4v) is 6.24. The van der Waals surface area contributed by atoms with Crippen LogP contribution in [0.1, 0.15) is 66.2 Å². The zero-order chi connectivity index (χ0) is 32.6. The number of rotatable bonds is 12. The Morgan fingerprint density at radius 1 is 0.957 bits per heavy atom. The molecular weight excluding hydrogens is 604 g/mol. The normalized spacial score (nSPS) is 14.3. The van der Waals surface area contributed by atoms with Gasteiger partial charge in [0, 0.05) is 0 Å². The molecule has 0 bridgehead atoms. The van der Waals surface area contributed by atoms with Crippen LogP contribution in [0.3, 0.4) is 0 Å². The summed E-state index contributed by atoms with van der Waals surface area (Å²) in [6.45, 7) is 4.53. The molecule has 9 nitrogen and oxygen atoms in total. The van der Waals surface area contributed by atoms with Crippen LogP contribution in [0.15, 0.2) is 93.9 Å². The number of esters is 2. The molecule has 238 valence electrons. The van der Waals surface area contributed by atoms with Gasteiger partial charge in [-0.15, -0.1) is 0 Å². The molecule has 5 rings (SSSR count). The number of carbonyl (C=O) groups excluding carboxylic acids is 2. The van der Waals surface area contributed by atoms with Gasteiger partial charge in [-0.3, -0.25) is 9.36 Å². The number of allylic oxidation sites excluding steroid dienone is 1. The maximum atomic E-state index is 14.1. The number of benzene rings is 3. The van der Waals surface area contributed by atoms with Crippen molar-refractivity contribution in [2.45, 2.75) is 45.8 Å². The molecule has 0 spiro atoms. The minimum Gasteiger partial charge on any atom is -0.493 e. The average molecular weight is 641 g/mol. The molecule has 0 saturated heterocycles. The lowest BCUT2D eigenvalue weighted by Gasteiger charge is -2.25. The van der Waals surface area contributed by atoms with Gasteiger partial charge in [0.15, 0.2) is 16.3 Å². The monoisotopic (exact) mass is 640 g/mol. The van der Waals surface area contributed by atoms with Gasteiger partial charge in [-0.05, 0) is 60.4 Å². The number of fused-ring (bicyclic) bond motifs is 1. The lowest BCUT2D eigenvalue weighted by molar-refractivity contribution is -0.140. The summed E-state index contributed by atoms with van der Waals surface area (Å²) < 4.78 is 24.0. The molecule has 0 amide bonds. The first-order chi connectivity index (χ1) is 22.3. The molecule has 10 heteroatoms. The second-order valence-corrected chi connectivity index (χ2v) is 11.7. The number of ether oxygens (including phenoxy) is 4. The van der Waals surface area contributed by atoms with Crippen LogP contribution in [0.5, 0.6) is 11.5 Å². The summed E-state index contributed by atoms with van der Waals surface area (Å²) >= 11 is 1.23. The number of unbranched alkanes of at least 4 members (excludes halogenated alkanes) is 2. The van der Waals surface area contributed by atoms with Crippen molar-refractivity contribution in [3.63, 3.8) is 0 Å². The molecule has 0 radical (unpaired) electrons. The Balaban J connectivity index is 1.55. The van der Waals surface area contributed by atoms with Gasteiger partial charge in [0.1, 0.15) is 6.61 Å². The molecule has 0 N–H and O–H groups in total. The fraction of sp³-hybridized carbons (Fsp3) is 0.278. The lowest BCUT2D eigenvalue weighted by Crippen LogP contribution is -2.39. The Morgan fingerprint density at radius 2 is 1.72 bits per heavy atom. The zero-order valence-electron chi connectivity index (χ0n) is 26.3. The molecule has 1 atom stereocenters. The van der Waals surface area contributed by atoms with Crippen LogP contribution in [-0.4, -0.2) is 37.3 Å². The first-order valence-corrected chi connectivity index (χ1v) is 15.9. The van der Waals surface area contributed by atoms with E-state index in [-0.39, 0.29) is 17.7 Å². The molecular formula is C36H36N2O7S. The van der Waals surface area contributed by atoms with Gasteiger partial charge < -0.3 is 18.9 Å². The molecule has 1 aromatic heterocycles. The van der Waals surface area contributed by atoms with Crippen LogP contribution in [0, 0.1) is 0 Å². The molecule has 0 saturated carbocycles. The third-order valence-electron chi connectivity index (χ3n) is 7.59. The fourth-order valence-electron chi connectivity index (χ4n) is 5.20. The number of hydrogen-bond donors (Lipinski definition) is 0. The standard InChI is InChI=1S/C36H36N2O7S/c1-5-6-10-19-44-28-18-13-25(20-29(28)42-3)21-30-33(39)38-32(26-14-16-27(17-15-26)34(40)43-4)31(23(2)37-36(38)46-30)35(41)45-22-24-11-8-7-9-12-24/h7-9,11-18,20-21,32H,5-6,10,19,22H2,1-4H3. The van der Waals surface area contributed by atoms with Crippen LogP contribution in [0.4, 0.5) is 0 Å². The average Bonchev–Trinajstić information content (AvgIpc) is 3.38. The second kappa shape index (κ2) is 14.9. The predicted octanol–water partition coefficient (Wildman–Crippen LogP) is 5.34. The number of hydrogen-bond acceptors (Lipinski definition) is 9. The number of methoxy groups -OCH3 is 2. The minimum absolute atomic E-state index is 0.0645. The second-order valence-electron chi connectivity index (χ2n) is 10.7. The lowest BCUT2D eigenvalue weighted by atomic mass is 9.95. The molecule has 3 aromatic carbocycles. The summed E-state index contributed by atoms with van der Waals surface area (Å²) in [6, 6.07) is 20.7. The van der Waals surface area contributed by atoms with Gasteiger partial charge in [-0.25, -0.2) is 14.6 Å². The highest BCUT2D eigenvalue weighted by molar-refractivity contribution is 7.07. The van der Waals surface area contributed by atoms with Crippen LogP contribution in [0.25, 0.3) is 6.08 Å². The smallest absolute Gasteiger partial charge is 0.338 e. The van der Waals surface area contributed by atoms with E-state index in [1.807, 2.05) is 48.5 Å². The van der Waals surface area contributed by atoms with E-state index in [1.165, 1.54) is 23.0 Å². The third kappa shape index (κ3) is 7.13. The number of nitrogens with zero attached hydrogens (tertiary/aromatic N) is 2. The quantitative estimate of drug-likeness (QED) is 0.152. The van der Waals surface area contributed by atoms with Crippen LogP contribution in [0.2, 0.25) is 0 Å². The predicted molar refractivity (Wildman–Crippen MR) is 176 cm³/mol. The molecule has 1 aliphatic rings. The van der Waals surface area contributed by atoms with Gasteiger partial charge in [0.05, 0.1) is 48.2 Å². The summed E-state index contributed by atoms with van der Waals surface area (Å²) in [5, 5.41) is 0. The number of thiazole rings is 1. The van der Waals surface area contributed by atoms with Gasteiger partial charge in [0.2, 0.25) is 0 Å². The molecule has 1 unspecified atom stereocenters. The summed E-state index contributed by atoms with van der Waals surface area (Å²) in [4.78, 5) is 45.0. The van der Waals surface area contributed by atoms with Crippen molar-refractivity contribution in [2.24, 2.45) is 4.99 Å². The maximum Gasteiger partial charge on any atom is 0.338 e. The van der Waals surface area contributed by atoms with Crippen molar-refractivity contribution in [1.29, 1.82) is 0 Å². The highest BCUT2D eigenvalue weighted by Gasteiger charge is 2.33. The van der Waals surface area contributed by atoms with E-state index in [0.29, 0.717) is 44.3 Å². The minimum atomic E-state index is -0.832. The van der Waals surface area contributed by atoms with E-state index in [2.05, 4.69) is 11.9 Å². The Morgan fingerprint density at radius 3 is 2.41 bits per heavy atom. The van der Waals surface area contributed by atoms with Gasteiger partial charge >= 0.3 is 11.9 Å². The van der Waals surface area contributed by atoms with E-state index in [0.717, 1.165) is 30.4 Å². The van der Waals surface area contributed by atoms with Gasteiger partial charge in [0.25, 0.3) is 5.56 Å². The highest BCUT2D eigenvalue weighted by atomic mass is 32.1. The van der Waals surface area contributed by atoms with Gasteiger partial charge in [-0.1, -0.05) is 79.6 Å². The highest BCUT2D eigenvalue weighted by Crippen LogP contribution is 2.32. The van der Waals surface area contributed by atoms with Crippen molar-refractivity contribution < 1.29 is 28.5 Å². The number of carbonyl (C=O) groups is 2. The first kappa shape index (κ1) is 32.4. The van der Waals surface area contributed by atoms with Gasteiger partial charge in [-0.2, -0.15) is 0 Å². The SMILES string of the molecule is CCCCCOc1ccc(C=c2sc3n(c2=O)C(c2ccc(C(=O)OC)cc2)C(C(=O)OCc2ccccc2)=C(C)N=3)cc1OC. The van der Waals surface area contributed by atoms with Crippen LogP contribution < -0.4 is 24.4 Å². The van der Waals surface area contributed by atoms with Crippen molar-refractivity contribution in [3.05, 3.63) is 126 Å². The van der Waals surface area contributed by atoms with Crippen molar-refractivity contribution in [2.75, 3.05) is 20.8 Å². The Kier molecular flexibility index (Phi) is 10.5. The van der Waals surface area contributed by atoms with E-state index in [9.17, 15) is 14.4 Å². The van der Waals surface area contributed by atoms with Crippen molar-refractivity contribution in [1.82, 2.24) is 4.57 Å². The molecule has 4 aromatic rings. The Bertz CT molecular complexity index is 1930. The summed E-state index contributed by atoms with van der Waals surface area (Å²) in [5.74, 6) is 0.140. The Hall–Kier alpha value is -4.96. The summed E-state index contributed by atoms with van der Waals surface area (Å²) in [5.41, 5.74) is 2.92.